The Morgan fingerprint density at radius 3 is 2.59 bits per heavy atom. The van der Waals surface area contributed by atoms with Crippen molar-refractivity contribution in [2.45, 2.75) is 50.7 Å². The minimum atomic E-state index is -0.903. The third-order valence-corrected chi connectivity index (χ3v) is 3.90. The fourth-order valence-corrected chi connectivity index (χ4v) is 2.46. The summed E-state index contributed by atoms with van der Waals surface area (Å²) in [4.78, 5) is 27.0. The molecule has 1 aliphatic carbocycles. The Kier molecular flexibility index (Phi) is 3.38. The van der Waals surface area contributed by atoms with Crippen molar-refractivity contribution in [3.8, 4) is 0 Å². The smallest absolute Gasteiger partial charge is 0.305 e. The van der Waals surface area contributed by atoms with Crippen LogP contribution < -0.4 is 0 Å². The third kappa shape index (κ3) is 2.60. The number of carbonyl (C=O) groups is 2. The molecule has 2 rings (SSSR count). The Labute approximate surface area is 101 Å². The van der Waals surface area contributed by atoms with Crippen LogP contribution in [0.3, 0.4) is 0 Å². The van der Waals surface area contributed by atoms with Gasteiger partial charge in [-0.3, -0.25) is 14.5 Å². The van der Waals surface area contributed by atoms with Gasteiger partial charge in [-0.15, -0.1) is 0 Å². The third-order valence-electron chi connectivity index (χ3n) is 3.90. The molecule has 1 aliphatic heterocycles. The number of amides is 1. The van der Waals surface area contributed by atoms with E-state index in [0.29, 0.717) is 6.04 Å². The largest absolute Gasteiger partial charge is 0.481 e. The fourth-order valence-electron chi connectivity index (χ4n) is 2.46. The summed E-state index contributed by atoms with van der Waals surface area (Å²) in [6.45, 7) is 2.82. The second-order valence-electron chi connectivity index (χ2n) is 5.18. The van der Waals surface area contributed by atoms with Gasteiger partial charge in [0.05, 0.1) is 12.5 Å². The number of hydrogen-bond acceptors (Lipinski definition) is 3. The molecule has 0 aromatic heterocycles. The van der Waals surface area contributed by atoms with Crippen molar-refractivity contribution in [1.82, 2.24) is 9.80 Å². The average Bonchev–Trinajstić information content (AvgIpc) is 3.07. The van der Waals surface area contributed by atoms with Gasteiger partial charge in [-0.05, 0) is 33.2 Å². The number of carbonyl (C=O) groups excluding carboxylic acids is 1. The molecule has 0 aromatic rings. The van der Waals surface area contributed by atoms with Crippen LogP contribution in [0, 0.1) is 0 Å². The number of aliphatic carboxylic acids is 1. The van der Waals surface area contributed by atoms with Crippen LogP contribution in [0.25, 0.3) is 0 Å². The van der Waals surface area contributed by atoms with Gasteiger partial charge in [-0.2, -0.15) is 0 Å². The molecule has 5 nitrogen and oxygen atoms in total. The molecule has 1 saturated carbocycles. The first kappa shape index (κ1) is 12.4. The van der Waals surface area contributed by atoms with E-state index in [1.54, 1.807) is 0 Å². The number of nitrogens with zero attached hydrogens (tertiary/aromatic N) is 2. The Balaban J connectivity index is 2.16. The van der Waals surface area contributed by atoms with Crippen molar-refractivity contribution in [2.24, 2.45) is 0 Å². The van der Waals surface area contributed by atoms with Crippen LogP contribution in [0.15, 0.2) is 0 Å². The second kappa shape index (κ2) is 4.64. The summed E-state index contributed by atoms with van der Waals surface area (Å²) in [5.74, 6) is -0.901. The van der Waals surface area contributed by atoms with Gasteiger partial charge in [-0.1, -0.05) is 0 Å². The Morgan fingerprint density at radius 2 is 2.06 bits per heavy atom. The molecular formula is C12H20N2O3. The predicted molar refractivity (Wildman–Crippen MR) is 62.6 cm³/mol. The fraction of sp³-hybridized carbons (Fsp3) is 0.833. The lowest BCUT2D eigenvalue weighted by atomic mass is 10.1. The molecule has 5 heteroatoms. The zero-order chi connectivity index (χ0) is 12.6. The van der Waals surface area contributed by atoms with Crippen molar-refractivity contribution < 1.29 is 14.7 Å². The molecule has 1 saturated heterocycles. The molecular weight excluding hydrogens is 220 g/mol. The van der Waals surface area contributed by atoms with Crippen molar-refractivity contribution in [3.63, 3.8) is 0 Å². The molecule has 1 amide bonds. The summed E-state index contributed by atoms with van der Waals surface area (Å²) >= 11 is 0. The van der Waals surface area contributed by atoms with E-state index in [2.05, 4.69) is 6.92 Å². The molecule has 1 N–H and O–H groups in total. The SMILES string of the molecule is CC1CCN(C2CC2)C(=O)C(CC(=O)O)N1C. The molecule has 1 heterocycles. The van der Waals surface area contributed by atoms with Gasteiger partial charge in [0, 0.05) is 18.6 Å². The minimum Gasteiger partial charge on any atom is -0.481 e. The van der Waals surface area contributed by atoms with E-state index in [-0.39, 0.29) is 18.4 Å². The lowest BCUT2D eigenvalue weighted by Crippen LogP contribution is -2.47. The van der Waals surface area contributed by atoms with Crippen LogP contribution in [0.5, 0.6) is 0 Å². The zero-order valence-electron chi connectivity index (χ0n) is 10.4. The molecule has 2 aliphatic rings. The quantitative estimate of drug-likeness (QED) is 0.782. The van der Waals surface area contributed by atoms with Crippen LogP contribution >= 0.6 is 0 Å². The monoisotopic (exact) mass is 240 g/mol. The van der Waals surface area contributed by atoms with Gasteiger partial charge in [0.1, 0.15) is 0 Å². The summed E-state index contributed by atoms with van der Waals surface area (Å²) in [6, 6.07) is 0.134. The van der Waals surface area contributed by atoms with Crippen molar-refractivity contribution >= 4 is 11.9 Å². The second-order valence-corrected chi connectivity index (χ2v) is 5.18. The summed E-state index contributed by atoms with van der Waals surface area (Å²) in [5.41, 5.74) is 0. The number of rotatable bonds is 3. The highest BCUT2D eigenvalue weighted by molar-refractivity contribution is 5.87. The Morgan fingerprint density at radius 1 is 1.41 bits per heavy atom. The van der Waals surface area contributed by atoms with Gasteiger partial charge in [0.2, 0.25) is 5.91 Å². The van der Waals surface area contributed by atoms with Crippen molar-refractivity contribution in [3.05, 3.63) is 0 Å². The molecule has 0 bridgehead atoms. The highest BCUT2D eigenvalue weighted by Gasteiger charge is 2.41. The van der Waals surface area contributed by atoms with Crippen LogP contribution in [0.2, 0.25) is 0 Å². The molecule has 0 radical (unpaired) electrons. The standard InChI is InChI=1S/C12H20N2O3/c1-8-5-6-14(9-3-4-9)12(17)10(13(8)2)7-11(15)16/h8-10H,3-7H2,1-2H3,(H,15,16). The molecule has 2 unspecified atom stereocenters. The van der Waals surface area contributed by atoms with E-state index in [1.807, 2.05) is 16.8 Å². The van der Waals surface area contributed by atoms with E-state index in [1.165, 1.54) is 0 Å². The highest BCUT2D eigenvalue weighted by atomic mass is 16.4. The first-order chi connectivity index (χ1) is 8.00. The summed E-state index contributed by atoms with van der Waals surface area (Å²) in [6.07, 6.45) is 2.98. The Hall–Kier alpha value is -1.10. The summed E-state index contributed by atoms with van der Waals surface area (Å²) in [5, 5.41) is 8.92. The zero-order valence-corrected chi connectivity index (χ0v) is 10.4. The van der Waals surface area contributed by atoms with E-state index < -0.39 is 12.0 Å². The molecule has 2 fully saturated rings. The molecule has 2 atom stereocenters. The van der Waals surface area contributed by atoms with Crippen LogP contribution in [0.1, 0.15) is 32.6 Å². The maximum absolute atomic E-state index is 12.3. The minimum absolute atomic E-state index is 0.00162. The van der Waals surface area contributed by atoms with Crippen LogP contribution in [-0.2, 0) is 9.59 Å². The van der Waals surface area contributed by atoms with Gasteiger partial charge < -0.3 is 10.0 Å². The number of likely N-dealkylation sites (N-methyl/N-ethyl adjacent to an activating group) is 1. The Bertz CT molecular complexity index is 328. The first-order valence-corrected chi connectivity index (χ1v) is 6.25. The van der Waals surface area contributed by atoms with Crippen molar-refractivity contribution in [1.29, 1.82) is 0 Å². The van der Waals surface area contributed by atoms with E-state index in [4.69, 9.17) is 5.11 Å². The highest BCUT2D eigenvalue weighted by Crippen LogP contribution is 2.30. The number of hydrogen-bond donors (Lipinski definition) is 1. The van der Waals surface area contributed by atoms with E-state index in [9.17, 15) is 9.59 Å². The van der Waals surface area contributed by atoms with Crippen molar-refractivity contribution in [2.75, 3.05) is 13.6 Å². The topological polar surface area (TPSA) is 60.9 Å². The predicted octanol–water partition coefficient (Wildman–Crippen LogP) is 0.545. The normalized spacial score (nSPS) is 31.4. The van der Waals surface area contributed by atoms with Gasteiger partial charge in [-0.25, -0.2) is 0 Å². The maximum Gasteiger partial charge on any atom is 0.305 e. The molecule has 96 valence electrons. The molecule has 17 heavy (non-hydrogen) atoms. The van der Waals surface area contributed by atoms with Gasteiger partial charge in [0.25, 0.3) is 0 Å². The molecule has 0 spiro atoms. The summed E-state index contributed by atoms with van der Waals surface area (Å²) in [7, 11) is 1.85. The number of carboxylic acid groups (broad SMARTS) is 1. The summed E-state index contributed by atoms with van der Waals surface area (Å²) < 4.78 is 0. The molecule has 0 aromatic carbocycles. The lowest BCUT2D eigenvalue weighted by Gasteiger charge is -2.29. The van der Waals surface area contributed by atoms with E-state index >= 15 is 0 Å². The van der Waals surface area contributed by atoms with Gasteiger partial charge in [0.15, 0.2) is 0 Å². The lowest BCUT2D eigenvalue weighted by molar-refractivity contribution is -0.145. The first-order valence-electron chi connectivity index (χ1n) is 6.25. The number of carboxylic acids is 1. The maximum atomic E-state index is 12.3. The van der Waals surface area contributed by atoms with Crippen LogP contribution in [-0.4, -0.2) is 58.5 Å². The van der Waals surface area contributed by atoms with E-state index in [0.717, 1.165) is 25.8 Å². The van der Waals surface area contributed by atoms with Gasteiger partial charge >= 0.3 is 5.97 Å². The average molecular weight is 240 g/mol. The van der Waals surface area contributed by atoms with Crippen LogP contribution in [0.4, 0.5) is 0 Å².